The van der Waals surface area contributed by atoms with Gasteiger partial charge in [0.05, 0.1) is 18.0 Å². The number of nitrogens with zero attached hydrogens (tertiary/aromatic N) is 2. The molecule has 2 fully saturated rings. The number of fused-ring (bicyclic) bond motifs is 1. The van der Waals surface area contributed by atoms with Gasteiger partial charge in [0.2, 0.25) is 0 Å². The average Bonchev–Trinajstić information content (AvgIpc) is 3.24. The lowest BCUT2D eigenvalue weighted by Crippen LogP contribution is -2.13. The SMILES string of the molecule is O=c1[nH]ccc2c1c(Nc1ccc(CC(F)(F)F)cc1)nn2C1CC12CCCCC2. The quantitative estimate of drug-likeness (QED) is 0.593. The van der Waals surface area contributed by atoms with Crippen LogP contribution < -0.4 is 10.9 Å². The lowest BCUT2D eigenvalue weighted by Gasteiger charge is -2.22. The highest BCUT2D eigenvalue weighted by Gasteiger charge is 2.56. The van der Waals surface area contributed by atoms with Gasteiger partial charge in [-0.05, 0) is 48.4 Å². The molecule has 8 heteroatoms. The molecule has 2 N–H and O–H groups in total. The van der Waals surface area contributed by atoms with Crippen molar-refractivity contribution in [2.75, 3.05) is 5.32 Å². The Morgan fingerprint density at radius 3 is 2.57 bits per heavy atom. The molecule has 2 aliphatic rings. The fourth-order valence-electron chi connectivity index (χ4n) is 4.96. The van der Waals surface area contributed by atoms with Crippen molar-refractivity contribution in [1.29, 1.82) is 0 Å². The number of hydrogen-bond donors (Lipinski definition) is 2. The Labute approximate surface area is 171 Å². The van der Waals surface area contributed by atoms with Crippen LogP contribution in [-0.4, -0.2) is 20.9 Å². The van der Waals surface area contributed by atoms with Gasteiger partial charge in [-0.15, -0.1) is 0 Å². The zero-order valence-electron chi connectivity index (χ0n) is 16.4. The summed E-state index contributed by atoms with van der Waals surface area (Å²) in [5.41, 5.74) is 1.66. The van der Waals surface area contributed by atoms with Gasteiger partial charge in [-0.1, -0.05) is 31.4 Å². The monoisotopic (exact) mass is 416 g/mol. The number of aromatic nitrogens is 3. The van der Waals surface area contributed by atoms with Crippen molar-refractivity contribution in [2.24, 2.45) is 5.41 Å². The van der Waals surface area contributed by atoms with Crippen molar-refractivity contribution >= 4 is 22.4 Å². The molecule has 1 atom stereocenters. The number of hydrogen-bond acceptors (Lipinski definition) is 3. The first-order valence-corrected chi connectivity index (χ1v) is 10.4. The summed E-state index contributed by atoms with van der Waals surface area (Å²) in [7, 11) is 0. The number of H-pyrrole nitrogens is 1. The number of pyridine rings is 1. The molecule has 1 spiro atoms. The molecule has 0 bridgehead atoms. The second kappa shape index (κ2) is 6.89. The Kier molecular flexibility index (Phi) is 4.41. The minimum atomic E-state index is -4.24. The standard InChI is InChI=1S/C22H23F3N4O/c23-22(24,25)12-14-4-6-15(7-5-14)27-19-18-16(8-11-26-20(18)30)29(28-19)17-13-21(17)9-2-1-3-10-21/h4-8,11,17H,1-3,9-10,12-13H2,(H,26,30)(H,27,28). The van der Waals surface area contributed by atoms with E-state index >= 15 is 0 Å². The zero-order valence-corrected chi connectivity index (χ0v) is 16.4. The number of alkyl halides is 3. The van der Waals surface area contributed by atoms with E-state index in [1.54, 1.807) is 18.3 Å². The summed E-state index contributed by atoms with van der Waals surface area (Å²) in [4.78, 5) is 15.3. The van der Waals surface area contributed by atoms with Gasteiger partial charge in [-0.25, -0.2) is 0 Å². The van der Waals surface area contributed by atoms with Crippen LogP contribution in [0.3, 0.4) is 0 Å². The normalized spacial score (nSPS) is 20.6. The summed E-state index contributed by atoms with van der Waals surface area (Å²) >= 11 is 0. The molecular formula is C22H23F3N4O. The van der Waals surface area contributed by atoms with E-state index in [9.17, 15) is 18.0 Å². The molecule has 3 aromatic rings. The fourth-order valence-corrected chi connectivity index (χ4v) is 4.96. The van der Waals surface area contributed by atoms with Crippen LogP contribution in [0.2, 0.25) is 0 Å². The van der Waals surface area contributed by atoms with Crippen molar-refractivity contribution in [3.63, 3.8) is 0 Å². The maximum absolute atomic E-state index is 12.6. The predicted octanol–water partition coefficient (Wildman–Crippen LogP) is 5.47. The maximum atomic E-state index is 12.6. The molecule has 158 valence electrons. The summed E-state index contributed by atoms with van der Waals surface area (Å²) < 4.78 is 39.7. The van der Waals surface area contributed by atoms with Crippen LogP contribution >= 0.6 is 0 Å². The van der Waals surface area contributed by atoms with Crippen LogP contribution in [0, 0.1) is 5.41 Å². The molecule has 2 saturated carbocycles. The predicted molar refractivity (Wildman–Crippen MR) is 109 cm³/mol. The van der Waals surface area contributed by atoms with E-state index in [4.69, 9.17) is 5.10 Å². The molecule has 0 saturated heterocycles. The van der Waals surface area contributed by atoms with Gasteiger partial charge >= 0.3 is 6.18 Å². The number of benzene rings is 1. The molecule has 0 amide bonds. The number of rotatable bonds is 4. The Hall–Kier alpha value is -2.77. The summed E-state index contributed by atoms with van der Waals surface area (Å²) in [6.45, 7) is 0. The van der Waals surface area contributed by atoms with Crippen LogP contribution in [0.1, 0.15) is 50.1 Å². The minimum Gasteiger partial charge on any atom is -0.338 e. The third-order valence-electron chi connectivity index (χ3n) is 6.54. The van der Waals surface area contributed by atoms with Crippen LogP contribution in [0.25, 0.3) is 10.9 Å². The van der Waals surface area contributed by atoms with E-state index in [1.165, 1.54) is 44.2 Å². The molecule has 0 aliphatic heterocycles. The van der Waals surface area contributed by atoms with E-state index in [2.05, 4.69) is 10.3 Å². The lowest BCUT2D eigenvalue weighted by molar-refractivity contribution is -0.127. The van der Waals surface area contributed by atoms with Gasteiger partial charge in [0.25, 0.3) is 5.56 Å². The second-order valence-electron chi connectivity index (χ2n) is 8.62. The number of halogens is 3. The van der Waals surface area contributed by atoms with Crippen molar-refractivity contribution in [3.8, 4) is 0 Å². The molecular weight excluding hydrogens is 393 g/mol. The van der Waals surface area contributed by atoms with Crippen molar-refractivity contribution in [1.82, 2.24) is 14.8 Å². The summed E-state index contributed by atoms with van der Waals surface area (Å²) in [6, 6.07) is 8.22. The maximum Gasteiger partial charge on any atom is 0.393 e. The first-order chi connectivity index (χ1) is 14.3. The largest absolute Gasteiger partial charge is 0.393 e. The first-order valence-electron chi connectivity index (χ1n) is 10.4. The minimum absolute atomic E-state index is 0.193. The summed E-state index contributed by atoms with van der Waals surface area (Å²) in [5.74, 6) is 0.438. The Morgan fingerprint density at radius 1 is 1.13 bits per heavy atom. The van der Waals surface area contributed by atoms with Gasteiger partial charge in [0.15, 0.2) is 5.82 Å². The highest BCUT2D eigenvalue weighted by molar-refractivity contribution is 5.91. The van der Waals surface area contributed by atoms with E-state index in [1.807, 2.05) is 10.7 Å². The number of anilines is 2. The van der Waals surface area contributed by atoms with E-state index in [0.29, 0.717) is 28.3 Å². The summed E-state index contributed by atoms with van der Waals surface area (Å²) in [6.07, 6.45) is 3.68. The number of aromatic amines is 1. The smallest absolute Gasteiger partial charge is 0.338 e. The average molecular weight is 416 g/mol. The van der Waals surface area contributed by atoms with Crippen LogP contribution in [-0.2, 0) is 6.42 Å². The molecule has 30 heavy (non-hydrogen) atoms. The molecule has 1 aromatic carbocycles. The van der Waals surface area contributed by atoms with E-state index in [0.717, 1.165) is 11.9 Å². The molecule has 5 rings (SSSR count). The fraction of sp³-hybridized carbons (Fsp3) is 0.455. The highest BCUT2D eigenvalue weighted by Crippen LogP contribution is 2.64. The third kappa shape index (κ3) is 3.48. The summed E-state index contributed by atoms with van der Waals surface area (Å²) in [5, 5.41) is 8.36. The molecule has 1 unspecified atom stereocenters. The second-order valence-corrected chi connectivity index (χ2v) is 8.62. The van der Waals surface area contributed by atoms with Crippen molar-refractivity contribution in [3.05, 3.63) is 52.4 Å². The molecule has 2 heterocycles. The molecule has 2 aliphatic carbocycles. The Morgan fingerprint density at radius 2 is 1.87 bits per heavy atom. The first kappa shape index (κ1) is 19.2. The van der Waals surface area contributed by atoms with Crippen LogP contribution in [0.5, 0.6) is 0 Å². The molecule has 2 aromatic heterocycles. The van der Waals surface area contributed by atoms with E-state index < -0.39 is 12.6 Å². The molecule has 0 radical (unpaired) electrons. The lowest BCUT2D eigenvalue weighted by atomic mass is 9.86. The Bertz CT molecular complexity index is 1120. The van der Waals surface area contributed by atoms with Crippen molar-refractivity contribution in [2.45, 2.75) is 57.2 Å². The van der Waals surface area contributed by atoms with Gasteiger partial charge < -0.3 is 10.3 Å². The van der Waals surface area contributed by atoms with Crippen LogP contribution in [0.15, 0.2) is 41.3 Å². The topological polar surface area (TPSA) is 62.7 Å². The van der Waals surface area contributed by atoms with E-state index in [-0.39, 0.29) is 11.1 Å². The number of nitrogens with one attached hydrogen (secondary N) is 2. The van der Waals surface area contributed by atoms with Crippen molar-refractivity contribution < 1.29 is 13.2 Å². The van der Waals surface area contributed by atoms with Gasteiger partial charge in [0.1, 0.15) is 5.39 Å². The highest BCUT2D eigenvalue weighted by atomic mass is 19.4. The van der Waals surface area contributed by atoms with Crippen LogP contribution in [0.4, 0.5) is 24.7 Å². The van der Waals surface area contributed by atoms with Gasteiger partial charge in [0, 0.05) is 11.9 Å². The van der Waals surface area contributed by atoms with Gasteiger partial charge in [-0.2, -0.15) is 18.3 Å². The molecule has 5 nitrogen and oxygen atoms in total. The zero-order chi connectivity index (χ0) is 20.9. The Balaban J connectivity index is 1.46. The third-order valence-corrected chi connectivity index (χ3v) is 6.54. The van der Waals surface area contributed by atoms with Gasteiger partial charge in [-0.3, -0.25) is 9.48 Å².